The number of hydrogen-bond acceptors (Lipinski definition) is 4. The molecule has 19 heavy (non-hydrogen) atoms. The van der Waals surface area contributed by atoms with E-state index in [1.165, 1.54) is 25.9 Å². The van der Waals surface area contributed by atoms with Gasteiger partial charge in [-0.1, -0.05) is 13.8 Å². The third-order valence-corrected chi connectivity index (χ3v) is 3.40. The Morgan fingerprint density at radius 3 is 2.74 bits per heavy atom. The molecule has 1 aliphatic heterocycles. The fourth-order valence-electron chi connectivity index (χ4n) is 2.27. The number of nitrogens with one attached hydrogen (secondary N) is 1. The summed E-state index contributed by atoms with van der Waals surface area (Å²) >= 11 is 0. The van der Waals surface area contributed by atoms with E-state index in [9.17, 15) is 0 Å². The summed E-state index contributed by atoms with van der Waals surface area (Å²) in [5, 5.41) is 3.34. The van der Waals surface area contributed by atoms with Crippen LogP contribution in [-0.2, 0) is 17.9 Å². The highest BCUT2D eigenvalue weighted by molar-refractivity contribution is 5.06. The fourth-order valence-corrected chi connectivity index (χ4v) is 2.27. The number of likely N-dealkylation sites (tertiary alicyclic amines) is 1. The minimum absolute atomic E-state index is 0.477. The van der Waals surface area contributed by atoms with Crippen molar-refractivity contribution in [2.45, 2.75) is 45.9 Å². The monoisotopic (exact) mass is 266 g/mol. The molecule has 0 spiro atoms. The van der Waals surface area contributed by atoms with Crippen LogP contribution >= 0.6 is 0 Å². The molecule has 1 N–H and O–H groups in total. The van der Waals surface area contributed by atoms with Crippen molar-refractivity contribution in [2.75, 3.05) is 26.2 Å². The first-order valence-electron chi connectivity index (χ1n) is 7.35. The van der Waals surface area contributed by atoms with Crippen LogP contribution in [0.1, 0.15) is 38.2 Å². The van der Waals surface area contributed by atoms with Crippen molar-refractivity contribution >= 4 is 0 Å². The van der Waals surface area contributed by atoms with Crippen molar-refractivity contribution in [3.8, 4) is 0 Å². The van der Waals surface area contributed by atoms with Crippen molar-refractivity contribution in [2.24, 2.45) is 0 Å². The Morgan fingerprint density at radius 1 is 1.26 bits per heavy atom. The lowest BCUT2D eigenvalue weighted by molar-refractivity contribution is 0.0866. The highest BCUT2D eigenvalue weighted by atomic mass is 16.5. The van der Waals surface area contributed by atoms with Crippen LogP contribution in [-0.4, -0.2) is 37.2 Å². The molecule has 1 fully saturated rings. The maximum atomic E-state index is 5.70. The Morgan fingerprint density at radius 2 is 2.00 bits per heavy atom. The maximum Gasteiger partial charge on any atom is 0.129 e. The lowest BCUT2D eigenvalue weighted by atomic mass is 10.3. The molecule has 1 aromatic heterocycles. The average molecular weight is 266 g/mol. The number of hydrogen-bond donors (Lipinski definition) is 1. The van der Waals surface area contributed by atoms with Crippen LogP contribution in [0.25, 0.3) is 0 Å². The van der Waals surface area contributed by atoms with E-state index >= 15 is 0 Å². The van der Waals surface area contributed by atoms with Crippen LogP contribution in [0.5, 0.6) is 0 Å². The predicted octanol–water partition coefficient (Wildman–Crippen LogP) is 2.39. The van der Waals surface area contributed by atoms with Gasteiger partial charge in [0.2, 0.25) is 0 Å². The summed E-state index contributed by atoms with van der Waals surface area (Å²) in [4.78, 5) is 2.46. The number of rotatable bonds is 8. The van der Waals surface area contributed by atoms with Gasteiger partial charge in [0, 0.05) is 12.6 Å². The molecule has 4 heteroatoms. The number of nitrogens with zero attached hydrogens (tertiary/aromatic N) is 1. The second-order valence-electron chi connectivity index (χ2n) is 5.50. The van der Waals surface area contributed by atoms with Gasteiger partial charge in [-0.05, 0) is 38.1 Å². The molecule has 1 aromatic rings. The van der Waals surface area contributed by atoms with Gasteiger partial charge in [0.25, 0.3) is 0 Å². The molecule has 0 saturated carbocycles. The molecule has 0 bridgehead atoms. The molecule has 0 aliphatic carbocycles. The quantitative estimate of drug-likeness (QED) is 0.733. The average Bonchev–Trinajstić information content (AvgIpc) is 3.04. The van der Waals surface area contributed by atoms with Crippen molar-refractivity contribution in [3.05, 3.63) is 23.7 Å². The van der Waals surface area contributed by atoms with E-state index < -0.39 is 0 Å². The van der Waals surface area contributed by atoms with Gasteiger partial charge in [0.15, 0.2) is 0 Å². The van der Waals surface area contributed by atoms with Gasteiger partial charge in [0.05, 0.1) is 13.2 Å². The highest BCUT2D eigenvalue weighted by Gasteiger charge is 2.10. The molecule has 0 unspecified atom stereocenters. The summed E-state index contributed by atoms with van der Waals surface area (Å²) in [5.74, 6) is 1.90. The molecule has 2 heterocycles. The van der Waals surface area contributed by atoms with E-state index in [2.05, 4.69) is 24.1 Å². The van der Waals surface area contributed by atoms with Gasteiger partial charge < -0.3 is 19.4 Å². The van der Waals surface area contributed by atoms with Gasteiger partial charge in [0.1, 0.15) is 18.1 Å². The van der Waals surface area contributed by atoms with Crippen LogP contribution in [0.3, 0.4) is 0 Å². The zero-order valence-electron chi connectivity index (χ0n) is 12.2. The molecular weight excluding hydrogens is 240 g/mol. The molecule has 0 aromatic carbocycles. The summed E-state index contributed by atoms with van der Waals surface area (Å²) in [6, 6.07) is 4.51. The Bertz CT molecular complexity index is 357. The lowest BCUT2D eigenvalue weighted by Gasteiger charge is -2.13. The molecule has 0 radical (unpaired) electrons. The molecule has 1 aliphatic rings. The SMILES string of the molecule is CC(C)NCc1ccc(COCCN2CCCC2)o1. The Hall–Kier alpha value is -0.840. The van der Waals surface area contributed by atoms with Gasteiger partial charge >= 0.3 is 0 Å². The first-order valence-corrected chi connectivity index (χ1v) is 7.35. The van der Waals surface area contributed by atoms with Crippen LogP contribution in [0, 0.1) is 0 Å². The van der Waals surface area contributed by atoms with E-state index in [0.717, 1.165) is 31.2 Å². The molecular formula is C15H26N2O2. The zero-order chi connectivity index (χ0) is 13.5. The Balaban J connectivity index is 1.60. The number of furan rings is 1. The van der Waals surface area contributed by atoms with E-state index in [0.29, 0.717) is 12.6 Å². The van der Waals surface area contributed by atoms with Gasteiger partial charge in [-0.25, -0.2) is 0 Å². The van der Waals surface area contributed by atoms with Crippen molar-refractivity contribution in [3.63, 3.8) is 0 Å². The molecule has 4 nitrogen and oxygen atoms in total. The first-order chi connectivity index (χ1) is 9.24. The third kappa shape index (κ3) is 5.35. The largest absolute Gasteiger partial charge is 0.462 e. The third-order valence-electron chi connectivity index (χ3n) is 3.40. The molecule has 108 valence electrons. The number of ether oxygens (including phenoxy) is 1. The van der Waals surface area contributed by atoms with E-state index in [-0.39, 0.29) is 0 Å². The van der Waals surface area contributed by atoms with Crippen LogP contribution in [0.2, 0.25) is 0 Å². The van der Waals surface area contributed by atoms with Crippen molar-refractivity contribution in [1.82, 2.24) is 10.2 Å². The molecule has 0 amide bonds. The standard InChI is InChI=1S/C15H26N2O2/c1-13(2)16-11-14-5-6-15(19-14)12-18-10-9-17-7-3-4-8-17/h5-6,13,16H,3-4,7-12H2,1-2H3. The summed E-state index contributed by atoms with van der Waals surface area (Å²) in [6.07, 6.45) is 2.68. The van der Waals surface area contributed by atoms with Crippen LogP contribution < -0.4 is 5.32 Å². The lowest BCUT2D eigenvalue weighted by Crippen LogP contribution is -2.23. The molecule has 2 rings (SSSR count). The minimum atomic E-state index is 0.477. The van der Waals surface area contributed by atoms with Crippen molar-refractivity contribution < 1.29 is 9.15 Å². The first kappa shape index (κ1) is 14.6. The molecule has 0 atom stereocenters. The fraction of sp³-hybridized carbons (Fsp3) is 0.733. The van der Waals surface area contributed by atoms with E-state index in [1.807, 2.05) is 12.1 Å². The van der Waals surface area contributed by atoms with Gasteiger partial charge in [-0.2, -0.15) is 0 Å². The molecule has 1 saturated heterocycles. The Kier molecular flexibility index (Phi) is 5.89. The van der Waals surface area contributed by atoms with Gasteiger partial charge in [-0.3, -0.25) is 0 Å². The summed E-state index contributed by atoms with van der Waals surface area (Å²) < 4.78 is 11.4. The summed E-state index contributed by atoms with van der Waals surface area (Å²) in [7, 11) is 0. The maximum absolute atomic E-state index is 5.70. The normalized spacial score (nSPS) is 16.6. The van der Waals surface area contributed by atoms with E-state index in [4.69, 9.17) is 9.15 Å². The highest BCUT2D eigenvalue weighted by Crippen LogP contribution is 2.10. The van der Waals surface area contributed by atoms with Gasteiger partial charge in [-0.15, -0.1) is 0 Å². The van der Waals surface area contributed by atoms with Crippen LogP contribution in [0.15, 0.2) is 16.5 Å². The van der Waals surface area contributed by atoms with E-state index in [1.54, 1.807) is 0 Å². The van der Waals surface area contributed by atoms with Crippen molar-refractivity contribution in [1.29, 1.82) is 0 Å². The second-order valence-corrected chi connectivity index (χ2v) is 5.50. The predicted molar refractivity (Wildman–Crippen MR) is 76.0 cm³/mol. The summed E-state index contributed by atoms with van der Waals surface area (Å²) in [5.41, 5.74) is 0. The second kappa shape index (κ2) is 7.68. The Labute approximate surface area is 116 Å². The van der Waals surface area contributed by atoms with Crippen LogP contribution in [0.4, 0.5) is 0 Å². The minimum Gasteiger partial charge on any atom is -0.462 e. The zero-order valence-corrected chi connectivity index (χ0v) is 12.2. The summed E-state index contributed by atoms with van der Waals surface area (Å²) in [6.45, 7) is 9.92. The smallest absolute Gasteiger partial charge is 0.129 e. The topological polar surface area (TPSA) is 37.6 Å².